The van der Waals surface area contributed by atoms with Crippen LogP contribution < -0.4 is 5.32 Å². The third-order valence-electron chi connectivity index (χ3n) is 3.82. The summed E-state index contributed by atoms with van der Waals surface area (Å²) >= 11 is 6.71. The van der Waals surface area contributed by atoms with E-state index in [1.165, 1.54) is 11.3 Å². The SMILES string of the molecule is O=C(Nc1nc(-c2ccccc2)cs1)c1c[nH]c(=S)n1-c1ccccc1. The number of amides is 1. The van der Waals surface area contributed by atoms with E-state index >= 15 is 0 Å². The summed E-state index contributed by atoms with van der Waals surface area (Å²) in [4.78, 5) is 20.2. The van der Waals surface area contributed by atoms with Crippen LogP contribution in [0, 0.1) is 4.77 Å². The summed E-state index contributed by atoms with van der Waals surface area (Å²) in [5.41, 5.74) is 3.10. The van der Waals surface area contributed by atoms with Crippen LogP contribution in [-0.4, -0.2) is 20.4 Å². The average Bonchev–Trinajstić information content (AvgIpc) is 3.30. The van der Waals surface area contributed by atoms with Crippen LogP contribution in [0.25, 0.3) is 16.9 Å². The van der Waals surface area contributed by atoms with Gasteiger partial charge in [0.05, 0.1) is 5.69 Å². The molecule has 2 aromatic carbocycles. The topological polar surface area (TPSA) is 62.7 Å². The molecule has 4 rings (SSSR count). The average molecular weight is 378 g/mol. The zero-order chi connectivity index (χ0) is 17.9. The van der Waals surface area contributed by atoms with Crippen LogP contribution in [0.5, 0.6) is 0 Å². The normalized spacial score (nSPS) is 10.6. The minimum atomic E-state index is -0.268. The molecule has 0 fully saturated rings. The number of carbonyl (C=O) groups is 1. The molecule has 26 heavy (non-hydrogen) atoms. The van der Waals surface area contributed by atoms with Gasteiger partial charge in [-0.3, -0.25) is 14.7 Å². The molecule has 0 saturated carbocycles. The van der Waals surface area contributed by atoms with Crippen LogP contribution in [0.3, 0.4) is 0 Å². The van der Waals surface area contributed by atoms with Gasteiger partial charge in [0.1, 0.15) is 5.69 Å². The van der Waals surface area contributed by atoms with E-state index in [0.29, 0.717) is 15.6 Å². The van der Waals surface area contributed by atoms with Gasteiger partial charge in [0.25, 0.3) is 5.91 Å². The molecule has 0 saturated heterocycles. The lowest BCUT2D eigenvalue weighted by Crippen LogP contribution is -2.16. The number of anilines is 1. The van der Waals surface area contributed by atoms with Crippen molar-refractivity contribution < 1.29 is 4.79 Å². The fourth-order valence-corrected chi connectivity index (χ4v) is 3.58. The highest BCUT2D eigenvalue weighted by Crippen LogP contribution is 2.25. The molecule has 0 bridgehead atoms. The second-order valence-corrected chi connectivity index (χ2v) is 6.75. The Labute approximate surface area is 159 Å². The lowest BCUT2D eigenvalue weighted by Gasteiger charge is -2.07. The molecule has 0 atom stereocenters. The van der Waals surface area contributed by atoms with E-state index in [1.807, 2.05) is 66.0 Å². The fraction of sp³-hybridized carbons (Fsp3) is 0. The Hall–Kier alpha value is -3.03. The van der Waals surface area contributed by atoms with Crippen molar-refractivity contribution in [3.8, 4) is 16.9 Å². The van der Waals surface area contributed by atoms with Gasteiger partial charge in [-0.25, -0.2) is 4.98 Å². The van der Waals surface area contributed by atoms with Crippen LogP contribution in [0.15, 0.2) is 72.2 Å². The maximum atomic E-state index is 12.7. The lowest BCUT2D eigenvalue weighted by atomic mass is 10.2. The number of thiazole rings is 1. The van der Waals surface area contributed by atoms with Crippen LogP contribution in [0.2, 0.25) is 0 Å². The first-order valence-electron chi connectivity index (χ1n) is 7.90. The third-order valence-corrected chi connectivity index (χ3v) is 4.88. The van der Waals surface area contributed by atoms with E-state index in [0.717, 1.165) is 16.9 Å². The molecule has 7 heteroatoms. The van der Waals surface area contributed by atoms with Gasteiger partial charge in [-0.15, -0.1) is 11.3 Å². The molecular weight excluding hydrogens is 364 g/mol. The monoisotopic (exact) mass is 378 g/mol. The van der Waals surface area contributed by atoms with Crippen molar-refractivity contribution in [1.29, 1.82) is 0 Å². The summed E-state index contributed by atoms with van der Waals surface area (Å²) in [6.45, 7) is 0. The van der Waals surface area contributed by atoms with Crippen molar-refractivity contribution in [2.24, 2.45) is 0 Å². The summed E-state index contributed by atoms with van der Waals surface area (Å²) in [5, 5.41) is 5.32. The van der Waals surface area contributed by atoms with Crippen molar-refractivity contribution >= 4 is 34.6 Å². The number of nitrogens with zero attached hydrogens (tertiary/aromatic N) is 2. The number of imidazole rings is 1. The fourth-order valence-electron chi connectivity index (χ4n) is 2.60. The second kappa shape index (κ2) is 7.07. The van der Waals surface area contributed by atoms with Crippen LogP contribution >= 0.6 is 23.6 Å². The smallest absolute Gasteiger partial charge is 0.276 e. The number of aromatic nitrogens is 3. The van der Waals surface area contributed by atoms with Crippen molar-refractivity contribution in [2.75, 3.05) is 5.32 Å². The van der Waals surface area contributed by atoms with Gasteiger partial charge in [-0.2, -0.15) is 0 Å². The minimum absolute atomic E-state index is 0.268. The van der Waals surface area contributed by atoms with Gasteiger partial charge in [0, 0.05) is 22.8 Å². The summed E-state index contributed by atoms with van der Waals surface area (Å²) < 4.78 is 2.17. The molecule has 0 spiro atoms. The molecule has 0 radical (unpaired) electrons. The first kappa shape index (κ1) is 16.4. The number of H-pyrrole nitrogens is 1. The zero-order valence-corrected chi connectivity index (χ0v) is 15.2. The maximum Gasteiger partial charge on any atom is 0.276 e. The molecule has 0 aliphatic rings. The van der Waals surface area contributed by atoms with Gasteiger partial charge < -0.3 is 4.98 Å². The standard InChI is InChI=1S/C19H14N4OS2/c24-17(16-11-20-19(25)23(16)14-9-5-2-6-10-14)22-18-21-15(12-26-18)13-7-3-1-4-8-13/h1-12H,(H,20,25)(H,21,22,24). The van der Waals surface area contributed by atoms with E-state index in [-0.39, 0.29) is 5.91 Å². The Kier molecular flexibility index (Phi) is 4.47. The van der Waals surface area contributed by atoms with Crippen molar-refractivity contribution in [3.05, 3.63) is 82.7 Å². The molecule has 0 aliphatic heterocycles. The van der Waals surface area contributed by atoms with Crippen molar-refractivity contribution in [2.45, 2.75) is 0 Å². The summed E-state index contributed by atoms with van der Waals surface area (Å²) in [6, 6.07) is 19.4. The Balaban J connectivity index is 1.61. The summed E-state index contributed by atoms with van der Waals surface area (Å²) in [7, 11) is 0. The number of hydrogen-bond donors (Lipinski definition) is 2. The number of benzene rings is 2. The summed E-state index contributed by atoms with van der Waals surface area (Å²) in [5.74, 6) is -0.268. The van der Waals surface area contributed by atoms with Crippen molar-refractivity contribution in [1.82, 2.24) is 14.5 Å². The third kappa shape index (κ3) is 3.22. The van der Waals surface area contributed by atoms with E-state index < -0.39 is 0 Å². The molecule has 128 valence electrons. The van der Waals surface area contributed by atoms with E-state index in [2.05, 4.69) is 15.3 Å². The molecular formula is C19H14N4OS2. The quantitative estimate of drug-likeness (QED) is 0.496. The van der Waals surface area contributed by atoms with Gasteiger partial charge in [-0.1, -0.05) is 48.5 Å². The number of carbonyl (C=O) groups excluding carboxylic acids is 1. The number of para-hydroxylation sites is 1. The first-order valence-corrected chi connectivity index (χ1v) is 9.19. The van der Waals surface area contributed by atoms with Gasteiger partial charge in [0.2, 0.25) is 0 Å². The van der Waals surface area contributed by atoms with Gasteiger partial charge >= 0.3 is 0 Å². The molecule has 0 unspecified atom stereocenters. The molecule has 0 aliphatic carbocycles. The number of nitrogens with one attached hydrogen (secondary N) is 2. The highest BCUT2D eigenvalue weighted by Gasteiger charge is 2.16. The Morgan fingerprint density at radius 1 is 1.08 bits per heavy atom. The molecule has 2 heterocycles. The molecule has 4 aromatic rings. The first-order chi connectivity index (χ1) is 12.7. The molecule has 2 N–H and O–H groups in total. The van der Waals surface area contributed by atoms with Crippen molar-refractivity contribution in [3.63, 3.8) is 0 Å². The molecule has 2 aromatic heterocycles. The van der Waals surface area contributed by atoms with Crippen LogP contribution in [0.1, 0.15) is 10.5 Å². The Morgan fingerprint density at radius 3 is 2.50 bits per heavy atom. The van der Waals surface area contributed by atoms with Gasteiger partial charge in [0.15, 0.2) is 9.90 Å². The summed E-state index contributed by atoms with van der Waals surface area (Å²) in [6.07, 6.45) is 1.61. The highest BCUT2D eigenvalue weighted by molar-refractivity contribution is 7.71. The Bertz CT molecular complexity index is 1100. The van der Waals surface area contributed by atoms with E-state index in [9.17, 15) is 4.79 Å². The predicted molar refractivity (Wildman–Crippen MR) is 106 cm³/mol. The van der Waals surface area contributed by atoms with Crippen LogP contribution in [-0.2, 0) is 0 Å². The predicted octanol–water partition coefficient (Wildman–Crippen LogP) is 4.91. The molecule has 5 nitrogen and oxygen atoms in total. The molecule has 1 amide bonds. The largest absolute Gasteiger partial charge is 0.336 e. The van der Waals surface area contributed by atoms with E-state index in [4.69, 9.17) is 12.2 Å². The minimum Gasteiger partial charge on any atom is -0.336 e. The Morgan fingerprint density at radius 2 is 1.77 bits per heavy atom. The van der Waals surface area contributed by atoms with E-state index in [1.54, 1.807) is 10.8 Å². The van der Waals surface area contributed by atoms with Crippen LogP contribution in [0.4, 0.5) is 5.13 Å². The maximum absolute atomic E-state index is 12.7. The number of hydrogen-bond acceptors (Lipinski definition) is 4. The number of aromatic amines is 1. The highest BCUT2D eigenvalue weighted by atomic mass is 32.1. The second-order valence-electron chi connectivity index (χ2n) is 5.51. The lowest BCUT2D eigenvalue weighted by molar-refractivity contribution is 0.102. The zero-order valence-electron chi connectivity index (χ0n) is 13.5. The van der Waals surface area contributed by atoms with Gasteiger partial charge in [-0.05, 0) is 24.4 Å². The number of rotatable bonds is 4.